The van der Waals surface area contributed by atoms with Crippen LogP contribution in [0.4, 0.5) is 13.2 Å². The number of hydrogen-bond acceptors (Lipinski definition) is 3. The maximum absolute atomic E-state index is 12.0. The van der Waals surface area contributed by atoms with Crippen LogP contribution in [0.25, 0.3) is 0 Å². The summed E-state index contributed by atoms with van der Waals surface area (Å²) >= 11 is 3.21. The van der Waals surface area contributed by atoms with Gasteiger partial charge in [-0.25, -0.2) is 0 Å². The van der Waals surface area contributed by atoms with Crippen LogP contribution in [-0.2, 0) is 0 Å². The van der Waals surface area contributed by atoms with Crippen LogP contribution in [-0.4, -0.2) is 23.8 Å². The Bertz CT molecular complexity index is 464. The van der Waals surface area contributed by atoms with Crippen molar-refractivity contribution in [1.82, 2.24) is 0 Å². The van der Waals surface area contributed by atoms with Gasteiger partial charge in [-0.3, -0.25) is 0 Å². The van der Waals surface area contributed by atoms with E-state index in [0.29, 0.717) is 10.0 Å². The number of nitrogens with zero attached hydrogens (tertiary/aromatic N) is 1. The molecule has 0 saturated carbocycles. The van der Waals surface area contributed by atoms with Crippen molar-refractivity contribution >= 4 is 21.8 Å². The van der Waals surface area contributed by atoms with E-state index in [1.807, 2.05) is 0 Å². The molecule has 1 aromatic carbocycles. The van der Waals surface area contributed by atoms with Gasteiger partial charge in [0.2, 0.25) is 0 Å². The summed E-state index contributed by atoms with van der Waals surface area (Å²) in [5.41, 5.74) is 5.77. The zero-order valence-corrected chi connectivity index (χ0v) is 11.3. The summed E-state index contributed by atoms with van der Waals surface area (Å²) < 4.78 is 41.8. The van der Waals surface area contributed by atoms with Gasteiger partial charge in [0.15, 0.2) is 5.84 Å². The Morgan fingerprint density at radius 3 is 2.68 bits per heavy atom. The molecule has 0 heterocycles. The molecule has 0 aliphatic carbocycles. The molecule has 0 unspecified atom stereocenters. The minimum atomic E-state index is -4.20. The highest BCUT2D eigenvalue weighted by Gasteiger charge is 2.26. The van der Waals surface area contributed by atoms with E-state index < -0.39 is 12.6 Å². The van der Waals surface area contributed by atoms with Crippen LogP contribution in [0.2, 0.25) is 0 Å². The highest BCUT2D eigenvalue weighted by molar-refractivity contribution is 9.10. The van der Waals surface area contributed by atoms with Crippen LogP contribution >= 0.6 is 15.9 Å². The summed E-state index contributed by atoms with van der Waals surface area (Å²) in [4.78, 5) is 0. The fraction of sp³-hybridized carbons (Fsp3) is 0.364. The lowest BCUT2D eigenvalue weighted by atomic mass is 10.2. The van der Waals surface area contributed by atoms with E-state index in [9.17, 15) is 13.2 Å². The Labute approximate surface area is 116 Å². The number of alkyl halides is 3. The average molecular weight is 341 g/mol. The minimum absolute atomic E-state index is 0.104. The summed E-state index contributed by atoms with van der Waals surface area (Å²) in [6, 6.07) is 4.73. The molecule has 0 aromatic heterocycles. The van der Waals surface area contributed by atoms with E-state index in [4.69, 9.17) is 15.7 Å². The van der Waals surface area contributed by atoms with Crippen LogP contribution in [0.3, 0.4) is 0 Å². The molecule has 0 saturated heterocycles. The van der Waals surface area contributed by atoms with Gasteiger partial charge in [-0.05, 0) is 24.6 Å². The molecule has 4 nitrogen and oxygen atoms in total. The van der Waals surface area contributed by atoms with Gasteiger partial charge < -0.3 is 15.7 Å². The highest BCUT2D eigenvalue weighted by atomic mass is 79.9. The van der Waals surface area contributed by atoms with Crippen molar-refractivity contribution in [1.29, 1.82) is 0 Å². The summed E-state index contributed by atoms with van der Waals surface area (Å²) in [6.07, 6.45) is -5.27. The first-order chi connectivity index (χ1) is 8.83. The number of oxime groups is 1. The fourth-order valence-electron chi connectivity index (χ4n) is 1.34. The molecule has 0 bridgehead atoms. The summed E-state index contributed by atoms with van der Waals surface area (Å²) in [6.45, 7) is -0.104. The molecule has 0 aliphatic heterocycles. The third-order valence-electron chi connectivity index (χ3n) is 2.19. The van der Waals surface area contributed by atoms with E-state index in [0.717, 1.165) is 0 Å². The number of nitrogens with two attached hydrogens (primary N) is 1. The molecule has 1 aromatic rings. The van der Waals surface area contributed by atoms with Crippen LogP contribution in [0.15, 0.2) is 27.8 Å². The lowest BCUT2D eigenvalue weighted by Gasteiger charge is -2.11. The zero-order valence-electron chi connectivity index (χ0n) is 9.75. The molecular weight excluding hydrogens is 329 g/mol. The van der Waals surface area contributed by atoms with E-state index in [2.05, 4.69) is 21.1 Å². The molecule has 106 valence electrons. The fourth-order valence-corrected chi connectivity index (χ4v) is 1.70. The molecule has 0 fully saturated rings. The van der Waals surface area contributed by atoms with Gasteiger partial charge in [0, 0.05) is 10.9 Å². The first kappa shape index (κ1) is 15.6. The maximum Gasteiger partial charge on any atom is 0.389 e. The van der Waals surface area contributed by atoms with Gasteiger partial charge in [0.25, 0.3) is 0 Å². The van der Waals surface area contributed by atoms with Crippen molar-refractivity contribution < 1.29 is 23.1 Å². The summed E-state index contributed by atoms with van der Waals surface area (Å²) in [7, 11) is 0. The third-order valence-corrected chi connectivity index (χ3v) is 2.68. The first-order valence-electron chi connectivity index (χ1n) is 5.30. The number of benzene rings is 1. The SMILES string of the molecule is N/C(=N/O)c1cc(Br)ccc1OCCCC(F)(F)F. The van der Waals surface area contributed by atoms with E-state index in [1.165, 1.54) is 6.07 Å². The third kappa shape index (κ3) is 5.37. The Hall–Kier alpha value is -1.44. The maximum atomic E-state index is 12.0. The molecule has 0 spiro atoms. The molecule has 0 amide bonds. The van der Waals surface area contributed by atoms with Gasteiger partial charge in [-0.1, -0.05) is 21.1 Å². The number of rotatable bonds is 5. The molecule has 19 heavy (non-hydrogen) atoms. The van der Waals surface area contributed by atoms with E-state index >= 15 is 0 Å². The van der Waals surface area contributed by atoms with Crippen molar-refractivity contribution in [2.45, 2.75) is 19.0 Å². The largest absolute Gasteiger partial charge is 0.493 e. The molecular formula is C11H12BrF3N2O2. The second-order valence-corrected chi connectivity index (χ2v) is 4.61. The van der Waals surface area contributed by atoms with Crippen LogP contribution < -0.4 is 10.5 Å². The topological polar surface area (TPSA) is 67.8 Å². The second-order valence-electron chi connectivity index (χ2n) is 3.69. The molecule has 0 aliphatic rings. The Kier molecular flexibility index (Phi) is 5.46. The normalized spacial score (nSPS) is 12.5. The van der Waals surface area contributed by atoms with Crippen molar-refractivity contribution in [3.8, 4) is 5.75 Å². The smallest absolute Gasteiger partial charge is 0.389 e. The van der Waals surface area contributed by atoms with Gasteiger partial charge in [0.1, 0.15) is 5.75 Å². The van der Waals surface area contributed by atoms with Crippen molar-refractivity contribution in [2.75, 3.05) is 6.61 Å². The van der Waals surface area contributed by atoms with Crippen LogP contribution in [0.5, 0.6) is 5.75 Å². The van der Waals surface area contributed by atoms with Gasteiger partial charge >= 0.3 is 6.18 Å². The average Bonchev–Trinajstić information content (AvgIpc) is 2.33. The Morgan fingerprint density at radius 1 is 1.42 bits per heavy atom. The minimum Gasteiger partial charge on any atom is -0.493 e. The van der Waals surface area contributed by atoms with Gasteiger partial charge in [-0.15, -0.1) is 0 Å². The summed E-state index contributed by atoms with van der Waals surface area (Å²) in [5, 5.41) is 11.5. The van der Waals surface area contributed by atoms with Gasteiger partial charge in [-0.2, -0.15) is 13.2 Å². The van der Waals surface area contributed by atoms with E-state index in [-0.39, 0.29) is 24.6 Å². The van der Waals surface area contributed by atoms with Crippen LogP contribution in [0.1, 0.15) is 18.4 Å². The molecule has 0 atom stereocenters. The number of halogens is 4. The standard InChI is InChI=1S/C11H12BrF3N2O2/c12-7-2-3-9(8(6-7)10(16)17-18)19-5-1-4-11(13,14)15/h2-3,6,18H,1,4-5H2,(H2,16,17). The van der Waals surface area contributed by atoms with Crippen molar-refractivity contribution in [2.24, 2.45) is 10.9 Å². The molecule has 0 radical (unpaired) electrons. The van der Waals surface area contributed by atoms with Gasteiger partial charge in [0.05, 0.1) is 12.2 Å². The van der Waals surface area contributed by atoms with Crippen LogP contribution in [0, 0.1) is 0 Å². The lowest BCUT2D eigenvalue weighted by molar-refractivity contribution is -0.136. The predicted octanol–water partition coefficient (Wildman–Crippen LogP) is 3.26. The van der Waals surface area contributed by atoms with E-state index in [1.54, 1.807) is 12.1 Å². The zero-order chi connectivity index (χ0) is 14.5. The number of hydrogen-bond donors (Lipinski definition) is 2. The quantitative estimate of drug-likeness (QED) is 0.284. The number of amidine groups is 1. The van der Waals surface area contributed by atoms with Crippen molar-refractivity contribution in [3.63, 3.8) is 0 Å². The van der Waals surface area contributed by atoms with Crippen molar-refractivity contribution in [3.05, 3.63) is 28.2 Å². The summed E-state index contributed by atoms with van der Waals surface area (Å²) in [5.74, 6) is 0.0906. The Balaban J connectivity index is 2.68. The monoisotopic (exact) mass is 340 g/mol. The highest BCUT2D eigenvalue weighted by Crippen LogP contribution is 2.25. The lowest BCUT2D eigenvalue weighted by Crippen LogP contribution is -2.16. The Morgan fingerprint density at radius 2 is 2.11 bits per heavy atom. The predicted molar refractivity (Wildman–Crippen MR) is 67.4 cm³/mol. The molecule has 3 N–H and O–H groups in total. The second kappa shape index (κ2) is 6.65. The first-order valence-corrected chi connectivity index (χ1v) is 6.10. The number of ether oxygens (including phenoxy) is 1. The molecule has 8 heteroatoms. The molecule has 1 rings (SSSR count).